The normalized spacial score (nSPS) is 28.8. The molecule has 12 heavy (non-hydrogen) atoms. The molecule has 1 nitrogen and oxygen atoms in total. The molecule has 1 aliphatic heterocycles. The van der Waals surface area contributed by atoms with Gasteiger partial charge in [-0.05, 0) is 30.6 Å². The highest BCUT2D eigenvalue weighted by atomic mass is 32.2. The van der Waals surface area contributed by atoms with Gasteiger partial charge in [-0.1, -0.05) is 20.8 Å². The first kappa shape index (κ1) is 10.4. The van der Waals surface area contributed by atoms with Crippen LogP contribution in [0.4, 0.5) is 0 Å². The Morgan fingerprint density at radius 3 is 2.83 bits per heavy atom. The first-order valence-corrected chi connectivity index (χ1v) is 6.10. The van der Waals surface area contributed by atoms with E-state index in [4.69, 9.17) is 0 Å². The van der Waals surface area contributed by atoms with Crippen LogP contribution in [-0.2, 0) is 0 Å². The third kappa shape index (κ3) is 3.36. The number of hydrogen-bond acceptors (Lipinski definition) is 2. The molecule has 1 saturated heterocycles. The Morgan fingerprint density at radius 2 is 2.25 bits per heavy atom. The van der Waals surface area contributed by atoms with Crippen LogP contribution in [0.15, 0.2) is 0 Å². The van der Waals surface area contributed by atoms with Gasteiger partial charge in [0.15, 0.2) is 0 Å². The molecule has 1 rings (SSSR count). The largest absolute Gasteiger partial charge is 0.313 e. The topological polar surface area (TPSA) is 12.0 Å². The van der Waals surface area contributed by atoms with Crippen molar-refractivity contribution in [2.75, 3.05) is 18.1 Å². The van der Waals surface area contributed by atoms with Gasteiger partial charge in [0, 0.05) is 11.8 Å². The highest BCUT2D eigenvalue weighted by molar-refractivity contribution is 7.99. The quantitative estimate of drug-likeness (QED) is 0.728. The van der Waals surface area contributed by atoms with E-state index in [2.05, 4.69) is 37.8 Å². The summed E-state index contributed by atoms with van der Waals surface area (Å²) in [5, 5.41) is 3.61. The predicted molar refractivity (Wildman–Crippen MR) is 57.8 cm³/mol. The van der Waals surface area contributed by atoms with Crippen molar-refractivity contribution in [3.8, 4) is 0 Å². The summed E-state index contributed by atoms with van der Waals surface area (Å²) in [6.07, 6.45) is 2.60. The van der Waals surface area contributed by atoms with Crippen molar-refractivity contribution in [1.82, 2.24) is 5.32 Å². The molecule has 0 radical (unpaired) electrons. The zero-order valence-electron chi connectivity index (χ0n) is 8.52. The predicted octanol–water partition coefficient (Wildman–Crippen LogP) is 2.52. The number of rotatable bonds is 3. The second-order valence-corrected chi connectivity index (χ2v) is 5.56. The molecule has 1 fully saturated rings. The third-order valence-corrected chi connectivity index (χ3v) is 3.92. The molecule has 0 aromatic heterocycles. The van der Waals surface area contributed by atoms with E-state index in [1.807, 2.05) is 0 Å². The SMILES string of the molecule is CCCNC1CSCC(C)(C)C1. The first-order chi connectivity index (χ1) is 5.64. The maximum absolute atomic E-state index is 3.61. The van der Waals surface area contributed by atoms with Gasteiger partial charge in [-0.2, -0.15) is 11.8 Å². The van der Waals surface area contributed by atoms with Crippen molar-refractivity contribution in [2.24, 2.45) is 5.41 Å². The van der Waals surface area contributed by atoms with Crippen molar-refractivity contribution < 1.29 is 0 Å². The van der Waals surface area contributed by atoms with E-state index in [1.54, 1.807) is 0 Å². The van der Waals surface area contributed by atoms with Gasteiger partial charge in [-0.15, -0.1) is 0 Å². The van der Waals surface area contributed by atoms with Gasteiger partial charge in [0.1, 0.15) is 0 Å². The van der Waals surface area contributed by atoms with Crippen LogP contribution in [0.2, 0.25) is 0 Å². The van der Waals surface area contributed by atoms with Gasteiger partial charge >= 0.3 is 0 Å². The molecular formula is C10H21NS. The van der Waals surface area contributed by atoms with Crippen molar-refractivity contribution >= 4 is 11.8 Å². The highest BCUT2D eigenvalue weighted by Crippen LogP contribution is 2.33. The first-order valence-electron chi connectivity index (χ1n) is 4.95. The van der Waals surface area contributed by atoms with E-state index in [1.165, 1.54) is 30.9 Å². The van der Waals surface area contributed by atoms with Crippen LogP contribution in [0, 0.1) is 5.41 Å². The molecule has 1 heterocycles. The van der Waals surface area contributed by atoms with Crippen molar-refractivity contribution in [1.29, 1.82) is 0 Å². The van der Waals surface area contributed by atoms with Crippen LogP contribution in [0.5, 0.6) is 0 Å². The number of thioether (sulfide) groups is 1. The average Bonchev–Trinajstić information content (AvgIpc) is 1.99. The van der Waals surface area contributed by atoms with E-state index in [0.29, 0.717) is 5.41 Å². The smallest absolute Gasteiger partial charge is 0.0163 e. The fourth-order valence-electron chi connectivity index (χ4n) is 1.74. The lowest BCUT2D eigenvalue weighted by Gasteiger charge is -2.35. The second-order valence-electron chi connectivity index (χ2n) is 4.53. The van der Waals surface area contributed by atoms with E-state index in [-0.39, 0.29) is 0 Å². The zero-order chi connectivity index (χ0) is 9.03. The molecule has 0 spiro atoms. The summed E-state index contributed by atoms with van der Waals surface area (Å²) in [5.74, 6) is 2.64. The molecular weight excluding hydrogens is 166 g/mol. The summed E-state index contributed by atoms with van der Waals surface area (Å²) in [6, 6.07) is 0.763. The Morgan fingerprint density at radius 1 is 1.50 bits per heavy atom. The maximum atomic E-state index is 3.61. The van der Waals surface area contributed by atoms with Gasteiger partial charge in [0.2, 0.25) is 0 Å². The molecule has 72 valence electrons. The van der Waals surface area contributed by atoms with E-state index < -0.39 is 0 Å². The molecule has 1 unspecified atom stereocenters. The van der Waals surface area contributed by atoms with Crippen LogP contribution in [0.25, 0.3) is 0 Å². The Bertz CT molecular complexity index is 134. The van der Waals surface area contributed by atoms with Gasteiger partial charge in [0.25, 0.3) is 0 Å². The summed E-state index contributed by atoms with van der Waals surface area (Å²) in [5.41, 5.74) is 0.550. The minimum Gasteiger partial charge on any atom is -0.313 e. The lowest BCUT2D eigenvalue weighted by Crippen LogP contribution is -2.40. The van der Waals surface area contributed by atoms with Crippen LogP contribution in [0.3, 0.4) is 0 Å². The van der Waals surface area contributed by atoms with Crippen molar-refractivity contribution in [3.63, 3.8) is 0 Å². The minimum absolute atomic E-state index is 0.550. The molecule has 1 aliphatic rings. The van der Waals surface area contributed by atoms with Gasteiger partial charge < -0.3 is 5.32 Å². The molecule has 0 aliphatic carbocycles. The number of nitrogens with one attached hydrogen (secondary N) is 1. The fourth-order valence-corrected chi connectivity index (χ4v) is 3.05. The molecule has 1 atom stereocenters. The molecule has 0 bridgehead atoms. The Balaban J connectivity index is 2.26. The fraction of sp³-hybridized carbons (Fsp3) is 1.00. The Kier molecular flexibility index (Phi) is 3.91. The van der Waals surface area contributed by atoms with Crippen LogP contribution in [-0.4, -0.2) is 24.1 Å². The minimum atomic E-state index is 0.550. The lowest BCUT2D eigenvalue weighted by atomic mass is 9.88. The molecule has 0 saturated carbocycles. The van der Waals surface area contributed by atoms with Crippen LogP contribution < -0.4 is 5.32 Å². The number of hydrogen-bond donors (Lipinski definition) is 1. The van der Waals surface area contributed by atoms with E-state index in [9.17, 15) is 0 Å². The monoisotopic (exact) mass is 187 g/mol. The summed E-state index contributed by atoms with van der Waals surface area (Å²) in [6.45, 7) is 8.16. The zero-order valence-corrected chi connectivity index (χ0v) is 9.34. The van der Waals surface area contributed by atoms with E-state index >= 15 is 0 Å². The second kappa shape index (κ2) is 4.52. The third-order valence-electron chi connectivity index (χ3n) is 2.29. The molecule has 0 aromatic rings. The maximum Gasteiger partial charge on any atom is 0.0163 e. The van der Waals surface area contributed by atoms with Gasteiger partial charge in [-0.3, -0.25) is 0 Å². The van der Waals surface area contributed by atoms with Gasteiger partial charge in [0.05, 0.1) is 0 Å². The molecule has 2 heteroatoms. The summed E-state index contributed by atoms with van der Waals surface area (Å²) >= 11 is 2.10. The Labute approximate surface area is 80.7 Å². The lowest BCUT2D eigenvalue weighted by molar-refractivity contribution is 0.318. The average molecular weight is 187 g/mol. The van der Waals surface area contributed by atoms with Crippen LogP contribution in [0.1, 0.15) is 33.6 Å². The van der Waals surface area contributed by atoms with Crippen molar-refractivity contribution in [3.05, 3.63) is 0 Å². The standard InChI is InChI=1S/C10H21NS/c1-4-5-11-9-6-10(2,3)8-12-7-9/h9,11H,4-8H2,1-3H3. The Hall–Kier alpha value is 0.310. The molecule has 0 aromatic carbocycles. The molecule has 1 N–H and O–H groups in total. The summed E-state index contributed by atoms with van der Waals surface area (Å²) in [4.78, 5) is 0. The van der Waals surface area contributed by atoms with Crippen LogP contribution >= 0.6 is 11.8 Å². The van der Waals surface area contributed by atoms with Crippen molar-refractivity contribution in [2.45, 2.75) is 39.7 Å². The summed E-state index contributed by atoms with van der Waals surface area (Å²) < 4.78 is 0. The van der Waals surface area contributed by atoms with Gasteiger partial charge in [-0.25, -0.2) is 0 Å². The molecule has 0 amide bonds. The van der Waals surface area contributed by atoms with E-state index in [0.717, 1.165) is 6.04 Å². The highest BCUT2D eigenvalue weighted by Gasteiger charge is 2.27. The summed E-state index contributed by atoms with van der Waals surface area (Å²) in [7, 11) is 0.